The van der Waals surface area contributed by atoms with Crippen molar-refractivity contribution in [1.29, 1.82) is 0 Å². The minimum absolute atomic E-state index is 0.0466. The van der Waals surface area contributed by atoms with Crippen molar-refractivity contribution < 1.29 is 47.5 Å². The second-order valence-corrected chi connectivity index (χ2v) is 52.6. The molecule has 20 nitrogen and oxygen atoms in total. The topological polar surface area (TPSA) is 181 Å². The van der Waals surface area contributed by atoms with Crippen molar-refractivity contribution in [1.82, 2.24) is 39.0 Å². The maximum atomic E-state index is 13.1. The fraction of sp³-hybridized carbons (Fsp3) is 0.733. The van der Waals surface area contributed by atoms with E-state index in [1.54, 1.807) is 12.4 Å². The quantitative estimate of drug-likeness (QED) is 0.0367. The standard InChI is InChI=1S/C30H53N5O5Si2.C30H51N5O5Si2/c2*1-30(2,3)40-29(36)34-24-16-23(17-25(34)20-39-19-24)26-18-28(35-27(32-26)10-11-31-35)33(21-37-12-14-41(4,5)6)22-38-13-15-42(7,8)9/h10-11,18,23-25H,12-17,19-22H2,1-9H3;10-11,16,18,24-25H,12-15,17,19-22H2,1-9H3. The van der Waals surface area contributed by atoms with Gasteiger partial charge in [0, 0.05) is 94.6 Å². The summed E-state index contributed by atoms with van der Waals surface area (Å²) in [5.74, 6) is 1.97. The van der Waals surface area contributed by atoms with Gasteiger partial charge >= 0.3 is 12.2 Å². The van der Waals surface area contributed by atoms with Crippen LogP contribution in [0.5, 0.6) is 0 Å². The number of hydrogen-bond donors (Lipinski definition) is 0. The first kappa shape index (κ1) is 67.3. The molecule has 0 spiro atoms. The van der Waals surface area contributed by atoms with Gasteiger partial charge in [0.25, 0.3) is 0 Å². The molecule has 8 rings (SSSR count). The highest BCUT2D eigenvalue weighted by atomic mass is 28.3. The number of carbonyl (C=O) groups is 2. The summed E-state index contributed by atoms with van der Waals surface area (Å²) < 4.78 is 51.9. The molecule has 3 saturated heterocycles. The van der Waals surface area contributed by atoms with Gasteiger partial charge in [-0.25, -0.2) is 19.6 Å². The van der Waals surface area contributed by atoms with Crippen molar-refractivity contribution in [3.8, 4) is 0 Å². The Labute approximate surface area is 505 Å². The molecule has 4 aromatic rings. The van der Waals surface area contributed by atoms with Crippen molar-refractivity contribution in [3.63, 3.8) is 0 Å². The summed E-state index contributed by atoms with van der Waals surface area (Å²) >= 11 is 0. The van der Waals surface area contributed by atoms with Crippen LogP contribution in [0.3, 0.4) is 0 Å². The van der Waals surface area contributed by atoms with Crippen LogP contribution in [0.2, 0.25) is 103 Å². The number of morpholine rings is 2. The van der Waals surface area contributed by atoms with Gasteiger partial charge in [0.1, 0.15) is 49.8 Å². The monoisotopic (exact) mass is 1240 g/mol. The van der Waals surface area contributed by atoms with Crippen LogP contribution in [-0.2, 0) is 37.9 Å². The van der Waals surface area contributed by atoms with E-state index in [9.17, 15) is 9.59 Å². The molecule has 4 atom stereocenters. The Morgan fingerprint density at radius 3 is 1.39 bits per heavy atom. The van der Waals surface area contributed by atoms with Gasteiger partial charge in [-0.15, -0.1) is 0 Å². The zero-order chi connectivity index (χ0) is 61.4. The van der Waals surface area contributed by atoms with Gasteiger partial charge in [0.15, 0.2) is 11.3 Å². The molecule has 84 heavy (non-hydrogen) atoms. The van der Waals surface area contributed by atoms with E-state index in [2.05, 4.69) is 117 Å². The Balaban J connectivity index is 0.000000241. The van der Waals surface area contributed by atoms with Crippen molar-refractivity contribution in [2.24, 2.45) is 0 Å². The molecule has 0 aliphatic carbocycles. The smallest absolute Gasteiger partial charge is 0.411 e. The summed E-state index contributed by atoms with van der Waals surface area (Å²) in [7, 11) is -4.85. The van der Waals surface area contributed by atoms with Crippen LogP contribution in [0.4, 0.5) is 21.2 Å². The molecule has 0 aromatic carbocycles. The van der Waals surface area contributed by atoms with Crippen molar-refractivity contribution in [2.75, 3.05) is 89.6 Å². The van der Waals surface area contributed by atoms with Crippen LogP contribution in [0.1, 0.15) is 78.1 Å². The Hall–Kier alpha value is -4.25. The third-order valence-electron chi connectivity index (χ3n) is 15.0. The van der Waals surface area contributed by atoms with Crippen LogP contribution >= 0.6 is 0 Å². The lowest BCUT2D eigenvalue weighted by Crippen LogP contribution is -2.59. The number of aromatic nitrogens is 6. The molecule has 4 aliphatic heterocycles. The first-order valence-electron chi connectivity index (χ1n) is 30.6. The van der Waals surface area contributed by atoms with E-state index in [0.29, 0.717) is 59.8 Å². The number of nitrogens with zero attached hydrogens (tertiary/aromatic N) is 10. The normalized spacial score (nSPS) is 20.6. The first-order valence-corrected chi connectivity index (χ1v) is 45.4. The van der Waals surface area contributed by atoms with Crippen LogP contribution in [0.25, 0.3) is 16.9 Å². The van der Waals surface area contributed by atoms with Crippen LogP contribution in [-0.4, -0.2) is 199 Å². The molecule has 4 bridgehead atoms. The molecular formula is C60H104N10O10Si4. The average Bonchev–Trinajstić information content (AvgIpc) is 1.72. The fourth-order valence-corrected chi connectivity index (χ4v) is 13.4. The lowest BCUT2D eigenvalue weighted by Gasteiger charge is -2.48. The summed E-state index contributed by atoms with van der Waals surface area (Å²) in [5.41, 5.74) is 3.43. The second-order valence-electron chi connectivity index (χ2n) is 30.2. The molecule has 0 N–H and O–H groups in total. The van der Waals surface area contributed by atoms with Crippen LogP contribution in [0, 0.1) is 0 Å². The van der Waals surface area contributed by atoms with E-state index < -0.39 is 43.5 Å². The van der Waals surface area contributed by atoms with Gasteiger partial charge < -0.3 is 47.7 Å². The predicted octanol–water partition coefficient (Wildman–Crippen LogP) is 12.0. The van der Waals surface area contributed by atoms with Gasteiger partial charge in [-0.05, 0) is 90.6 Å². The SMILES string of the molecule is CC(C)(C)OC(=O)N1C2C=C(c3cc(N(COCC[Si](C)(C)C)COCC[Si](C)(C)C)n4nccc4n3)CC1COC2.CC(C)(C)OC(=O)N1C2COCC1CC(c1cc(N(COCC[Si](C)(C)C)COCC[Si](C)(C)C)n3nccc3n1)C2. The molecular weight excluding hydrogens is 1130 g/mol. The molecule has 4 unspecified atom stereocenters. The molecule has 0 saturated carbocycles. The second kappa shape index (κ2) is 28.3. The van der Waals surface area contributed by atoms with Crippen molar-refractivity contribution >= 4 is 73.0 Å². The molecule has 2 amide bonds. The average molecular weight is 1240 g/mol. The lowest BCUT2D eigenvalue weighted by atomic mass is 9.83. The van der Waals surface area contributed by atoms with E-state index in [1.165, 1.54) is 0 Å². The van der Waals surface area contributed by atoms with Crippen LogP contribution in [0.15, 0.2) is 42.7 Å². The number of hydrogen-bond acceptors (Lipinski definition) is 16. The zero-order valence-electron chi connectivity index (χ0n) is 54.4. The van der Waals surface area contributed by atoms with Crippen molar-refractivity contribution in [3.05, 3.63) is 54.1 Å². The highest BCUT2D eigenvalue weighted by molar-refractivity contribution is 6.77. The van der Waals surface area contributed by atoms with E-state index >= 15 is 0 Å². The van der Waals surface area contributed by atoms with Crippen LogP contribution < -0.4 is 9.80 Å². The van der Waals surface area contributed by atoms with E-state index in [0.717, 1.165) is 103 Å². The van der Waals surface area contributed by atoms with Gasteiger partial charge in [0.2, 0.25) is 0 Å². The summed E-state index contributed by atoms with van der Waals surface area (Å²) in [4.78, 5) is 44.2. The number of carbonyl (C=O) groups excluding carboxylic acids is 2. The minimum Gasteiger partial charge on any atom is -0.444 e. The predicted molar refractivity (Wildman–Crippen MR) is 344 cm³/mol. The number of rotatable bonds is 24. The number of ether oxygens (including phenoxy) is 8. The van der Waals surface area contributed by atoms with E-state index in [1.807, 2.05) is 72.5 Å². The Morgan fingerprint density at radius 2 is 0.964 bits per heavy atom. The molecule has 3 fully saturated rings. The molecule has 470 valence electrons. The number of anilines is 2. The third-order valence-corrected chi connectivity index (χ3v) is 21.8. The Morgan fingerprint density at radius 1 is 0.560 bits per heavy atom. The maximum Gasteiger partial charge on any atom is 0.411 e. The molecule has 0 radical (unpaired) electrons. The molecule has 24 heteroatoms. The molecule has 4 aliphatic rings. The summed E-state index contributed by atoms with van der Waals surface area (Å²) in [6.07, 6.45) is 7.29. The third kappa shape index (κ3) is 20.4. The number of amides is 2. The van der Waals surface area contributed by atoms with Gasteiger partial charge in [0.05, 0.1) is 68.7 Å². The van der Waals surface area contributed by atoms with Gasteiger partial charge in [-0.3, -0.25) is 9.80 Å². The fourth-order valence-electron chi connectivity index (χ4n) is 10.3. The highest BCUT2D eigenvalue weighted by Gasteiger charge is 2.45. The lowest BCUT2D eigenvalue weighted by molar-refractivity contribution is -0.0827. The van der Waals surface area contributed by atoms with Gasteiger partial charge in [-0.2, -0.15) is 19.2 Å². The van der Waals surface area contributed by atoms with Gasteiger partial charge in [-0.1, -0.05) is 84.6 Å². The first-order chi connectivity index (χ1) is 39.2. The highest BCUT2D eigenvalue weighted by Crippen LogP contribution is 2.40. The number of piperidine rings is 1. The largest absolute Gasteiger partial charge is 0.444 e. The molecule has 4 aromatic heterocycles. The summed E-state index contributed by atoms with van der Waals surface area (Å²) in [5, 5.41) is 9.21. The van der Waals surface area contributed by atoms with E-state index in [-0.39, 0.29) is 42.3 Å². The Kier molecular flexibility index (Phi) is 22.6. The summed E-state index contributed by atoms with van der Waals surface area (Å²) in [6.45, 7) is 46.2. The molecule has 8 heterocycles. The summed E-state index contributed by atoms with van der Waals surface area (Å²) in [6, 6.07) is 12.1. The van der Waals surface area contributed by atoms with Crippen molar-refractivity contribution in [2.45, 2.75) is 205 Å². The maximum absolute atomic E-state index is 13.1. The number of fused-ring (bicyclic) bond motifs is 6. The van der Waals surface area contributed by atoms with E-state index in [4.69, 9.17) is 47.9 Å². The Bertz CT molecular complexity index is 2750. The zero-order valence-corrected chi connectivity index (χ0v) is 58.4. The minimum atomic E-state index is -1.22.